The quantitative estimate of drug-likeness (QED) is 0.552. The highest BCUT2D eigenvalue weighted by Gasteiger charge is 2.01. The zero-order valence-electron chi connectivity index (χ0n) is 9.56. The van der Waals surface area contributed by atoms with Crippen molar-refractivity contribution in [2.45, 2.75) is 12.8 Å². The van der Waals surface area contributed by atoms with E-state index in [0.717, 1.165) is 12.8 Å². The number of hydrogen-bond donors (Lipinski definition) is 2. The highest BCUT2D eigenvalue weighted by Crippen LogP contribution is 2.20. The van der Waals surface area contributed by atoms with Crippen molar-refractivity contribution in [3.05, 3.63) is 31.0 Å². The number of nitrogens with one attached hydrogen (secondary N) is 1. The predicted octanol–water partition coefficient (Wildman–Crippen LogP) is 1.25. The Morgan fingerprint density at radius 1 is 1.59 bits per heavy atom. The minimum Gasteiger partial charge on any atom is -0.503 e. The number of nitrogens with zero attached hydrogens (tertiary/aromatic N) is 1. The Hall–Kier alpha value is -2.04. The first kappa shape index (κ1) is 13.0. The molecule has 0 radical (unpaired) electrons. The van der Waals surface area contributed by atoms with Crippen LogP contribution in [0, 0.1) is 0 Å². The number of pyridine rings is 1. The molecule has 0 spiro atoms. The molecular weight excluding hydrogens is 220 g/mol. The van der Waals surface area contributed by atoms with E-state index in [1.807, 2.05) is 0 Å². The van der Waals surface area contributed by atoms with E-state index in [1.54, 1.807) is 12.3 Å². The number of aromatic nitrogens is 1. The molecular formula is C12H16N2O3. The first-order valence-corrected chi connectivity index (χ1v) is 5.41. The Labute approximate surface area is 100 Å². The summed E-state index contributed by atoms with van der Waals surface area (Å²) in [5, 5.41) is 12.0. The first-order chi connectivity index (χ1) is 8.24. The molecule has 92 valence electrons. The Morgan fingerprint density at radius 2 is 2.41 bits per heavy atom. The Morgan fingerprint density at radius 3 is 3.12 bits per heavy atom. The van der Waals surface area contributed by atoms with Gasteiger partial charge in [-0.1, -0.05) is 6.58 Å². The molecule has 0 aromatic carbocycles. The van der Waals surface area contributed by atoms with E-state index >= 15 is 0 Å². The molecule has 1 aromatic heterocycles. The molecule has 17 heavy (non-hydrogen) atoms. The smallest absolute Gasteiger partial charge is 0.256 e. The maximum absolute atomic E-state index is 10.8. The summed E-state index contributed by atoms with van der Waals surface area (Å²) in [6.45, 7) is 4.39. The zero-order chi connectivity index (χ0) is 12.5. The van der Waals surface area contributed by atoms with Gasteiger partial charge in [0.1, 0.15) is 0 Å². The molecule has 0 unspecified atom stereocenters. The van der Waals surface area contributed by atoms with Crippen molar-refractivity contribution in [1.82, 2.24) is 10.3 Å². The fraction of sp³-hybridized carbons (Fsp3) is 0.333. The third-order valence-electron chi connectivity index (χ3n) is 2.05. The fourth-order valence-corrected chi connectivity index (χ4v) is 1.17. The molecule has 0 atom stereocenters. The third kappa shape index (κ3) is 5.01. The molecule has 1 amide bonds. The van der Waals surface area contributed by atoms with Crippen molar-refractivity contribution in [3.63, 3.8) is 0 Å². The van der Waals surface area contributed by atoms with Gasteiger partial charge in [0.15, 0.2) is 5.75 Å². The molecule has 0 aliphatic carbocycles. The van der Waals surface area contributed by atoms with Crippen molar-refractivity contribution in [3.8, 4) is 11.6 Å². The second-order valence-electron chi connectivity index (χ2n) is 3.38. The lowest BCUT2D eigenvalue weighted by Crippen LogP contribution is -2.22. The molecule has 0 aliphatic heterocycles. The van der Waals surface area contributed by atoms with Gasteiger partial charge in [0.25, 0.3) is 5.88 Å². The molecule has 5 nitrogen and oxygen atoms in total. The second kappa shape index (κ2) is 7.27. The van der Waals surface area contributed by atoms with Gasteiger partial charge >= 0.3 is 0 Å². The summed E-state index contributed by atoms with van der Waals surface area (Å²) in [5.41, 5.74) is 0. The van der Waals surface area contributed by atoms with E-state index in [-0.39, 0.29) is 17.5 Å². The number of hydrogen-bond acceptors (Lipinski definition) is 4. The van der Waals surface area contributed by atoms with Gasteiger partial charge < -0.3 is 15.2 Å². The third-order valence-corrected chi connectivity index (χ3v) is 2.05. The molecule has 1 rings (SSSR count). The number of rotatable bonds is 7. The van der Waals surface area contributed by atoms with Gasteiger partial charge in [0.05, 0.1) is 6.61 Å². The van der Waals surface area contributed by atoms with Crippen LogP contribution < -0.4 is 10.1 Å². The van der Waals surface area contributed by atoms with Crippen molar-refractivity contribution in [2.24, 2.45) is 0 Å². The number of ether oxygens (including phenoxy) is 1. The lowest BCUT2D eigenvalue weighted by molar-refractivity contribution is -0.116. The van der Waals surface area contributed by atoms with Gasteiger partial charge in [0.2, 0.25) is 5.91 Å². The number of carbonyl (C=O) groups is 1. The van der Waals surface area contributed by atoms with Crippen LogP contribution in [0.1, 0.15) is 12.8 Å². The highest BCUT2D eigenvalue weighted by molar-refractivity contribution is 5.86. The maximum Gasteiger partial charge on any atom is 0.256 e. The van der Waals surface area contributed by atoms with Crippen LogP contribution in [-0.4, -0.2) is 29.1 Å². The molecule has 0 saturated carbocycles. The predicted molar refractivity (Wildman–Crippen MR) is 63.8 cm³/mol. The Kier molecular flexibility index (Phi) is 5.57. The summed E-state index contributed by atoms with van der Waals surface area (Å²) in [6, 6.07) is 3.15. The van der Waals surface area contributed by atoms with Gasteiger partial charge in [-0.3, -0.25) is 4.79 Å². The lowest BCUT2D eigenvalue weighted by Gasteiger charge is -2.06. The normalized spacial score (nSPS) is 9.65. The van der Waals surface area contributed by atoms with Gasteiger partial charge in [-0.2, -0.15) is 0 Å². The van der Waals surface area contributed by atoms with E-state index < -0.39 is 0 Å². The minimum atomic E-state index is -0.173. The van der Waals surface area contributed by atoms with Crippen LogP contribution in [0.25, 0.3) is 0 Å². The van der Waals surface area contributed by atoms with Crippen molar-refractivity contribution in [1.29, 1.82) is 0 Å². The number of carbonyl (C=O) groups excluding carboxylic acids is 1. The first-order valence-electron chi connectivity index (χ1n) is 5.41. The summed E-state index contributed by atoms with van der Waals surface area (Å²) in [4.78, 5) is 14.7. The number of aromatic hydroxyl groups is 1. The van der Waals surface area contributed by atoms with E-state index in [2.05, 4.69) is 16.9 Å². The number of amides is 1. The van der Waals surface area contributed by atoms with E-state index in [1.165, 1.54) is 12.1 Å². The standard InChI is InChI=1S/C12H16N2O3/c1-2-11(16)13-7-3-4-9-17-12-10(15)6-5-8-14-12/h2,5-6,8,15H,1,3-4,7,9H2,(H,13,16). The second-order valence-corrected chi connectivity index (χ2v) is 3.38. The monoisotopic (exact) mass is 236 g/mol. The molecule has 0 aliphatic rings. The van der Waals surface area contributed by atoms with Gasteiger partial charge in [-0.15, -0.1) is 0 Å². The molecule has 0 fully saturated rings. The Bertz CT molecular complexity index is 380. The van der Waals surface area contributed by atoms with Crippen LogP contribution in [0.4, 0.5) is 0 Å². The SMILES string of the molecule is C=CC(=O)NCCCCOc1ncccc1O. The van der Waals surface area contributed by atoms with Gasteiger partial charge in [-0.25, -0.2) is 4.98 Å². The maximum atomic E-state index is 10.8. The van der Waals surface area contributed by atoms with Crippen LogP contribution in [-0.2, 0) is 4.79 Å². The average Bonchev–Trinajstić information content (AvgIpc) is 2.35. The summed E-state index contributed by atoms with van der Waals surface area (Å²) in [7, 11) is 0. The average molecular weight is 236 g/mol. The van der Waals surface area contributed by atoms with Crippen LogP contribution in [0.15, 0.2) is 31.0 Å². The molecule has 0 saturated heterocycles. The largest absolute Gasteiger partial charge is 0.503 e. The van der Waals surface area contributed by atoms with Crippen molar-refractivity contribution in [2.75, 3.05) is 13.2 Å². The van der Waals surface area contributed by atoms with Crippen LogP contribution in [0.3, 0.4) is 0 Å². The van der Waals surface area contributed by atoms with E-state index in [4.69, 9.17) is 4.74 Å². The molecule has 1 heterocycles. The summed E-state index contributed by atoms with van der Waals surface area (Å²) in [5.74, 6) is 0.100. The van der Waals surface area contributed by atoms with Crippen LogP contribution >= 0.6 is 0 Å². The van der Waals surface area contributed by atoms with E-state index in [9.17, 15) is 9.90 Å². The molecule has 5 heteroatoms. The fourth-order valence-electron chi connectivity index (χ4n) is 1.17. The highest BCUT2D eigenvalue weighted by atomic mass is 16.5. The lowest BCUT2D eigenvalue weighted by atomic mass is 10.3. The molecule has 2 N–H and O–H groups in total. The van der Waals surface area contributed by atoms with E-state index in [0.29, 0.717) is 13.2 Å². The molecule has 0 bridgehead atoms. The summed E-state index contributed by atoms with van der Waals surface area (Å²) < 4.78 is 5.28. The minimum absolute atomic E-state index is 0.0347. The van der Waals surface area contributed by atoms with Gasteiger partial charge in [-0.05, 0) is 31.1 Å². The summed E-state index contributed by atoms with van der Waals surface area (Å²) in [6.07, 6.45) is 4.36. The van der Waals surface area contributed by atoms with Crippen LogP contribution in [0.5, 0.6) is 11.6 Å². The zero-order valence-corrected chi connectivity index (χ0v) is 9.56. The van der Waals surface area contributed by atoms with Gasteiger partial charge in [0, 0.05) is 12.7 Å². The Balaban J connectivity index is 2.11. The van der Waals surface area contributed by atoms with Crippen molar-refractivity contribution >= 4 is 5.91 Å². The van der Waals surface area contributed by atoms with Crippen LogP contribution in [0.2, 0.25) is 0 Å². The molecule has 1 aromatic rings. The summed E-state index contributed by atoms with van der Waals surface area (Å²) >= 11 is 0. The number of unbranched alkanes of at least 4 members (excludes halogenated alkanes) is 1. The topological polar surface area (TPSA) is 71.5 Å². The van der Waals surface area contributed by atoms with Crippen molar-refractivity contribution < 1.29 is 14.6 Å².